The molecule has 0 aliphatic carbocycles. The molecular weight excluding hydrogens is 394 g/mol. The molecule has 0 atom stereocenters. The first-order chi connectivity index (χ1) is 13.8. The Morgan fingerprint density at radius 3 is 2.38 bits per heavy atom. The molecule has 0 radical (unpaired) electrons. The molecule has 0 bridgehead atoms. The number of rotatable bonds is 9. The van der Waals surface area contributed by atoms with Gasteiger partial charge in [0.2, 0.25) is 5.91 Å². The van der Waals surface area contributed by atoms with Crippen LogP contribution in [-0.2, 0) is 17.9 Å². The molecule has 2 aromatic rings. The van der Waals surface area contributed by atoms with Crippen LogP contribution in [0.2, 0.25) is 5.15 Å². The number of carbonyl (C=O) groups is 1. The molecule has 0 fully saturated rings. The molecule has 158 valence electrons. The minimum atomic E-state index is -0.256. The Labute approximate surface area is 176 Å². The van der Waals surface area contributed by atoms with Crippen molar-refractivity contribution in [1.82, 2.24) is 15.1 Å². The Kier molecular flexibility index (Phi) is 7.96. The molecule has 1 amide bonds. The lowest BCUT2D eigenvalue weighted by atomic mass is 10.1. The molecule has 0 unspecified atom stereocenters. The van der Waals surface area contributed by atoms with Gasteiger partial charge in [0.05, 0.1) is 27.0 Å². The first kappa shape index (κ1) is 22.6. The summed E-state index contributed by atoms with van der Waals surface area (Å²) in [6, 6.07) is 3.50. The Morgan fingerprint density at radius 2 is 1.79 bits per heavy atom. The van der Waals surface area contributed by atoms with Crippen molar-refractivity contribution in [2.45, 2.75) is 33.9 Å². The fraction of sp³-hybridized carbons (Fsp3) is 0.429. The monoisotopic (exact) mass is 421 g/mol. The van der Waals surface area contributed by atoms with Gasteiger partial charge in [-0.2, -0.15) is 5.10 Å². The van der Waals surface area contributed by atoms with Gasteiger partial charge in [0.15, 0.2) is 11.5 Å². The van der Waals surface area contributed by atoms with Gasteiger partial charge in [0, 0.05) is 36.4 Å². The van der Waals surface area contributed by atoms with Gasteiger partial charge < -0.3 is 19.5 Å². The van der Waals surface area contributed by atoms with E-state index in [1.165, 1.54) is 6.08 Å². The fourth-order valence-corrected chi connectivity index (χ4v) is 3.16. The third kappa shape index (κ3) is 5.67. The van der Waals surface area contributed by atoms with Crippen molar-refractivity contribution < 1.29 is 19.0 Å². The van der Waals surface area contributed by atoms with Gasteiger partial charge in [0.25, 0.3) is 0 Å². The van der Waals surface area contributed by atoms with Crippen molar-refractivity contribution >= 4 is 23.6 Å². The van der Waals surface area contributed by atoms with E-state index in [9.17, 15) is 4.79 Å². The van der Waals surface area contributed by atoms with Crippen molar-refractivity contribution in [3.63, 3.8) is 0 Å². The van der Waals surface area contributed by atoms with Crippen molar-refractivity contribution in [2.75, 3.05) is 21.3 Å². The van der Waals surface area contributed by atoms with Gasteiger partial charge in [-0.25, -0.2) is 0 Å². The summed E-state index contributed by atoms with van der Waals surface area (Å²) in [7, 11) is 4.67. The maximum atomic E-state index is 12.3. The zero-order valence-corrected chi connectivity index (χ0v) is 18.5. The van der Waals surface area contributed by atoms with E-state index in [0.29, 0.717) is 28.3 Å². The van der Waals surface area contributed by atoms with E-state index < -0.39 is 0 Å². The lowest BCUT2D eigenvalue weighted by molar-refractivity contribution is -0.116. The number of benzene rings is 1. The minimum Gasteiger partial charge on any atom is -0.496 e. The molecule has 2 rings (SSSR count). The molecule has 0 aliphatic heterocycles. The van der Waals surface area contributed by atoms with Crippen LogP contribution in [0.15, 0.2) is 18.2 Å². The largest absolute Gasteiger partial charge is 0.496 e. The number of hydrogen-bond donors (Lipinski definition) is 1. The number of aryl methyl sites for hydroxylation is 1. The summed E-state index contributed by atoms with van der Waals surface area (Å²) in [5, 5.41) is 7.81. The number of nitrogens with zero attached hydrogens (tertiary/aromatic N) is 2. The van der Waals surface area contributed by atoms with Crippen LogP contribution in [0, 0.1) is 12.8 Å². The van der Waals surface area contributed by atoms with Crippen LogP contribution in [0.1, 0.15) is 30.7 Å². The number of methoxy groups -OCH3 is 3. The molecule has 0 aliphatic rings. The first-order valence-corrected chi connectivity index (χ1v) is 9.66. The lowest BCUT2D eigenvalue weighted by Gasteiger charge is -2.14. The molecule has 1 N–H and O–H groups in total. The van der Waals surface area contributed by atoms with Gasteiger partial charge in [-0.05, 0) is 25.0 Å². The van der Waals surface area contributed by atoms with Crippen LogP contribution in [-0.4, -0.2) is 37.0 Å². The van der Waals surface area contributed by atoms with E-state index in [0.717, 1.165) is 23.4 Å². The average Bonchev–Trinajstić information content (AvgIpc) is 2.95. The zero-order valence-electron chi connectivity index (χ0n) is 17.7. The quantitative estimate of drug-likeness (QED) is 0.622. The van der Waals surface area contributed by atoms with Gasteiger partial charge >= 0.3 is 0 Å². The second-order valence-corrected chi connectivity index (χ2v) is 7.29. The molecule has 1 aromatic carbocycles. The highest BCUT2D eigenvalue weighted by molar-refractivity contribution is 6.31. The number of aromatic nitrogens is 2. The molecule has 8 heteroatoms. The minimum absolute atomic E-state index is 0.256. The summed E-state index contributed by atoms with van der Waals surface area (Å²) in [5.41, 5.74) is 2.29. The molecule has 1 heterocycles. The molecule has 1 aromatic heterocycles. The van der Waals surface area contributed by atoms with E-state index in [-0.39, 0.29) is 12.5 Å². The smallest absolute Gasteiger partial charge is 0.244 e. The van der Waals surface area contributed by atoms with E-state index in [1.54, 1.807) is 44.2 Å². The first-order valence-electron chi connectivity index (χ1n) is 9.28. The second-order valence-electron chi connectivity index (χ2n) is 6.94. The average molecular weight is 422 g/mol. The highest BCUT2D eigenvalue weighted by atomic mass is 35.5. The van der Waals surface area contributed by atoms with E-state index >= 15 is 0 Å². The highest BCUT2D eigenvalue weighted by Crippen LogP contribution is 2.34. The Hall–Kier alpha value is -2.67. The topological polar surface area (TPSA) is 74.6 Å². The summed E-state index contributed by atoms with van der Waals surface area (Å²) >= 11 is 6.41. The standard InChI is InChI=1S/C21H28ClN3O4/c1-13(2)12-25-21(22)16(14(3)24-25)7-8-20(26)23-11-15-9-18(28-5)19(29-6)10-17(15)27-4/h7-10,13H,11-12H2,1-6H3,(H,23,26)/b8-7+. The van der Waals surface area contributed by atoms with E-state index in [4.69, 9.17) is 25.8 Å². The molecular formula is C21H28ClN3O4. The van der Waals surface area contributed by atoms with Crippen molar-refractivity contribution in [3.8, 4) is 17.2 Å². The molecule has 7 nitrogen and oxygen atoms in total. The Balaban J connectivity index is 2.10. The van der Waals surface area contributed by atoms with Crippen molar-refractivity contribution in [1.29, 1.82) is 0 Å². The van der Waals surface area contributed by atoms with Crippen LogP contribution >= 0.6 is 11.6 Å². The summed E-state index contributed by atoms with van der Waals surface area (Å²) in [6.45, 7) is 7.05. The molecule has 0 spiro atoms. The lowest BCUT2D eigenvalue weighted by Crippen LogP contribution is -2.20. The number of halogens is 1. The highest BCUT2D eigenvalue weighted by Gasteiger charge is 2.14. The third-order valence-corrected chi connectivity index (χ3v) is 4.69. The number of hydrogen-bond acceptors (Lipinski definition) is 5. The van der Waals surface area contributed by atoms with Crippen LogP contribution in [0.5, 0.6) is 17.2 Å². The van der Waals surface area contributed by atoms with Crippen molar-refractivity contribution in [3.05, 3.63) is 40.2 Å². The van der Waals surface area contributed by atoms with Gasteiger partial charge in [-0.15, -0.1) is 0 Å². The van der Waals surface area contributed by atoms with Gasteiger partial charge in [-0.3, -0.25) is 9.48 Å². The van der Waals surface area contributed by atoms with Gasteiger partial charge in [0.1, 0.15) is 10.9 Å². The molecule has 0 saturated heterocycles. The zero-order chi connectivity index (χ0) is 21.6. The maximum absolute atomic E-state index is 12.3. The molecule has 0 saturated carbocycles. The van der Waals surface area contributed by atoms with Crippen molar-refractivity contribution in [2.24, 2.45) is 5.92 Å². The van der Waals surface area contributed by atoms with Gasteiger partial charge in [-0.1, -0.05) is 25.4 Å². The van der Waals surface area contributed by atoms with E-state index in [2.05, 4.69) is 24.3 Å². The van der Waals surface area contributed by atoms with Crippen LogP contribution in [0.4, 0.5) is 0 Å². The number of carbonyl (C=O) groups excluding carboxylic acids is 1. The summed E-state index contributed by atoms with van der Waals surface area (Å²) in [4.78, 5) is 12.3. The molecule has 29 heavy (non-hydrogen) atoms. The Morgan fingerprint density at radius 1 is 1.17 bits per heavy atom. The number of nitrogens with one attached hydrogen (secondary N) is 1. The summed E-state index contributed by atoms with van der Waals surface area (Å²) in [5.74, 6) is 1.88. The Bertz CT molecular complexity index is 891. The summed E-state index contributed by atoms with van der Waals surface area (Å²) in [6.07, 6.45) is 3.13. The van der Waals surface area contributed by atoms with Crippen LogP contribution in [0.3, 0.4) is 0 Å². The third-order valence-electron chi connectivity index (χ3n) is 4.29. The normalized spacial score (nSPS) is 11.2. The fourth-order valence-electron chi connectivity index (χ4n) is 2.85. The van der Waals surface area contributed by atoms with Crippen LogP contribution < -0.4 is 19.5 Å². The number of amides is 1. The predicted octanol–water partition coefficient (Wildman–Crippen LogP) is 3.86. The van der Waals surface area contributed by atoms with Crippen LogP contribution in [0.25, 0.3) is 6.08 Å². The number of ether oxygens (including phenoxy) is 3. The summed E-state index contributed by atoms with van der Waals surface area (Å²) < 4.78 is 17.7. The maximum Gasteiger partial charge on any atom is 0.244 e. The van der Waals surface area contributed by atoms with E-state index in [1.807, 2.05) is 6.92 Å². The predicted molar refractivity (Wildman–Crippen MR) is 114 cm³/mol. The second kappa shape index (κ2) is 10.2. The SMILES string of the molecule is COc1cc(OC)c(OC)cc1CNC(=O)/C=C/c1c(C)nn(CC(C)C)c1Cl.